The minimum atomic E-state index is -0.512. The molecule has 30 heavy (non-hydrogen) atoms. The van der Waals surface area contributed by atoms with Crippen LogP contribution in [-0.2, 0) is 4.79 Å². The van der Waals surface area contributed by atoms with Gasteiger partial charge in [0, 0.05) is 23.6 Å². The van der Waals surface area contributed by atoms with Gasteiger partial charge in [0.1, 0.15) is 0 Å². The zero-order chi connectivity index (χ0) is 21.3. The molecule has 0 aliphatic rings. The van der Waals surface area contributed by atoms with E-state index in [0.717, 1.165) is 10.6 Å². The first kappa shape index (κ1) is 19.7. The number of rotatable bonds is 5. The highest BCUT2D eigenvalue weighted by Crippen LogP contribution is 2.33. The van der Waals surface area contributed by atoms with Crippen LogP contribution in [0.4, 0.5) is 10.8 Å². The Kier molecular flexibility index (Phi) is 5.25. The molecular formula is C18H14N6O4S2. The lowest BCUT2D eigenvalue weighted by Crippen LogP contribution is -2.11. The predicted molar refractivity (Wildman–Crippen MR) is 112 cm³/mol. The molecule has 3 N–H and O–H groups in total. The second-order valence-corrected chi connectivity index (χ2v) is 7.93. The molecule has 0 saturated carbocycles. The maximum absolute atomic E-state index is 12.5. The topological polar surface area (TPSA) is 143 Å². The van der Waals surface area contributed by atoms with Gasteiger partial charge in [-0.05, 0) is 31.2 Å². The summed E-state index contributed by atoms with van der Waals surface area (Å²) < 4.78 is 4.95. The molecule has 0 aliphatic carbocycles. The number of aromatic hydroxyl groups is 1. The van der Waals surface area contributed by atoms with Gasteiger partial charge in [-0.2, -0.15) is 0 Å². The molecular weight excluding hydrogens is 428 g/mol. The molecule has 1 aromatic carbocycles. The van der Waals surface area contributed by atoms with Crippen molar-refractivity contribution in [2.75, 3.05) is 10.6 Å². The Morgan fingerprint density at radius 1 is 1.10 bits per heavy atom. The Morgan fingerprint density at radius 3 is 2.53 bits per heavy atom. The highest BCUT2D eigenvalue weighted by atomic mass is 32.1. The number of thiazole rings is 2. The van der Waals surface area contributed by atoms with Gasteiger partial charge in [-0.3, -0.25) is 9.59 Å². The zero-order valence-electron chi connectivity index (χ0n) is 15.7. The van der Waals surface area contributed by atoms with Crippen molar-refractivity contribution in [2.24, 2.45) is 0 Å². The van der Waals surface area contributed by atoms with Gasteiger partial charge >= 0.3 is 6.08 Å². The van der Waals surface area contributed by atoms with Gasteiger partial charge in [0.2, 0.25) is 5.91 Å². The molecule has 0 unspecified atom stereocenters. The first-order valence-electron chi connectivity index (χ1n) is 8.54. The van der Waals surface area contributed by atoms with Gasteiger partial charge in [0.05, 0.1) is 16.3 Å². The van der Waals surface area contributed by atoms with E-state index in [9.17, 15) is 9.59 Å². The number of carbonyl (C=O) groups is 2. The van der Waals surface area contributed by atoms with Crippen LogP contribution in [0.5, 0.6) is 6.08 Å². The number of hydrogen-bond acceptors (Lipinski definition) is 10. The van der Waals surface area contributed by atoms with Crippen LogP contribution < -0.4 is 10.6 Å². The van der Waals surface area contributed by atoms with Gasteiger partial charge < -0.3 is 20.2 Å². The molecule has 10 nitrogen and oxygen atoms in total. The molecule has 0 aliphatic heterocycles. The lowest BCUT2D eigenvalue weighted by atomic mass is 10.2. The Labute approximate surface area is 177 Å². The number of nitrogens with zero attached hydrogens (tertiary/aromatic N) is 4. The van der Waals surface area contributed by atoms with Gasteiger partial charge in [0.15, 0.2) is 10.1 Å². The van der Waals surface area contributed by atoms with Gasteiger partial charge in [0.25, 0.3) is 11.8 Å². The van der Waals surface area contributed by atoms with Gasteiger partial charge in [-0.1, -0.05) is 16.4 Å². The molecule has 12 heteroatoms. The zero-order valence-corrected chi connectivity index (χ0v) is 17.3. The Balaban J connectivity index is 1.47. The third-order valence-corrected chi connectivity index (χ3v) is 5.75. The van der Waals surface area contributed by atoms with Gasteiger partial charge in [-0.25, -0.2) is 9.97 Å². The van der Waals surface area contributed by atoms with Crippen molar-refractivity contribution in [1.82, 2.24) is 20.2 Å². The molecule has 2 amide bonds. The Hall–Kier alpha value is -3.64. The second kappa shape index (κ2) is 8.00. The third kappa shape index (κ3) is 4.18. The van der Waals surface area contributed by atoms with Crippen molar-refractivity contribution in [3.05, 3.63) is 40.3 Å². The van der Waals surface area contributed by atoms with Crippen LogP contribution in [-0.4, -0.2) is 37.1 Å². The van der Waals surface area contributed by atoms with Crippen molar-refractivity contribution in [3.63, 3.8) is 0 Å². The minimum Gasteiger partial charge on any atom is -0.465 e. The van der Waals surface area contributed by atoms with Crippen molar-refractivity contribution in [3.8, 4) is 28.1 Å². The summed E-state index contributed by atoms with van der Waals surface area (Å²) in [6, 6.07) is 6.71. The van der Waals surface area contributed by atoms with Crippen LogP contribution >= 0.6 is 22.7 Å². The lowest BCUT2D eigenvalue weighted by Gasteiger charge is -2.03. The molecule has 4 aromatic rings. The minimum absolute atomic E-state index is 0.175. The van der Waals surface area contributed by atoms with Crippen LogP contribution in [0.25, 0.3) is 22.0 Å². The van der Waals surface area contributed by atoms with Gasteiger partial charge in [-0.15, -0.1) is 16.4 Å². The average Bonchev–Trinajstić information content (AvgIpc) is 3.42. The van der Waals surface area contributed by atoms with E-state index in [1.54, 1.807) is 29.6 Å². The number of carbonyl (C=O) groups excluding carboxylic acids is 2. The van der Waals surface area contributed by atoms with Crippen molar-refractivity contribution < 1.29 is 19.1 Å². The monoisotopic (exact) mass is 442 g/mol. The number of benzene rings is 1. The van der Waals surface area contributed by atoms with Crippen molar-refractivity contribution in [2.45, 2.75) is 13.8 Å². The summed E-state index contributed by atoms with van der Waals surface area (Å²) in [5, 5.41) is 24.2. The first-order chi connectivity index (χ1) is 14.4. The number of amides is 2. The van der Waals surface area contributed by atoms with Crippen molar-refractivity contribution >= 4 is 45.3 Å². The van der Waals surface area contributed by atoms with E-state index in [2.05, 4.69) is 30.8 Å². The fraction of sp³-hybridized carbons (Fsp3) is 0.111. The Morgan fingerprint density at radius 2 is 1.87 bits per heavy atom. The number of hydrogen-bond donors (Lipinski definition) is 3. The molecule has 3 heterocycles. The predicted octanol–water partition coefficient (Wildman–Crippen LogP) is 3.54. The molecule has 0 radical (unpaired) electrons. The van der Waals surface area contributed by atoms with E-state index in [1.807, 2.05) is 6.92 Å². The molecule has 0 saturated heterocycles. The Bertz CT molecular complexity index is 1230. The van der Waals surface area contributed by atoms with E-state index >= 15 is 0 Å². The molecule has 152 valence electrons. The second-order valence-electron chi connectivity index (χ2n) is 6.07. The van der Waals surface area contributed by atoms with Crippen LogP contribution in [0, 0.1) is 6.92 Å². The van der Waals surface area contributed by atoms with Crippen LogP contribution in [0.1, 0.15) is 22.4 Å². The van der Waals surface area contributed by atoms with Crippen LogP contribution in [0.15, 0.2) is 34.1 Å². The summed E-state index contributed by atoms with van der Waals surface area (Å²) >= 11 is 2.52. The molecule has 4 rings (SSSR count). The van der Waals surface area contributed by atoms with Crippen LogP contribution in [0.2, 0.25) is 0 Å². The highest BCUT2D eigenvalue weighted by molar-refractivity contribution is 7.19. The fourth-order valence-electron chi connectivity index (χ4n) is 2.53. The smallest absolute Gasteiger partial charge is 0.412 e. The maximum atomic E-state index is 12.5. The fourth-order valence-corrected chi connectivity index (χ4v) is 4.28. The summed E-state index contributed by atoms with van der Waals surface area (Å²) in [6.07, 6.45) is -0.512. The molecule has 0 fully saturated rings. The van der Waals surface area contributed by atoms with E-state index < -0.39 is 6.08 Å². The summed E-state index contributed by atoms with van der Waals surface area (Å²) in [5.41, 5.74) is 2.52. The lowest BCUT2D eigenvalue weighted by molar-refractivity contribution is -0.114. The summed E-state index contributed by atoms with van der Waals surface area (Å²) in [5.74, 6) is -0.372. The van der Waals surface area contributed by atoms with E-state index in [-0.39, 0.29) is 17.7 Å². The number of aromatic nitrogens is 4. The number of nitrogens with one attached hydrogen (secondary N) is 2. The third-order valence-electron chi connectivity index (χ3n) is 3.81. The highest BCUT2D eigenvalue weighted by Gasteiger charge is 2.17. The molecule has 0 atom stereocenters. The summed E-state index contributed by atoms with van der Waals surface area (Å²) in [6.45, 7) is 3.24. The van der Waals surface area contributed by atoms with E-state index in [4.69, 9.17) is 9.52 Å². The normalized spacial score (nSPS) is 10.7. The molecule has 3 aromatic heterocycles. The molecule has 0 bridgehead atoms. The van der Waals surface area contributed by atoms with E-state index in [1.165, 1.54) is 29.6 Å². The summed E-state index contributed by atoms with van der Waals surface area (Å²) in [7, 11) is 0. The largest absolute Gasteiger partial charge is 0.465 e. The van der Waals surface area contributed by atoms with Crippen molar-refractivity contribution in [1.29, 1.82) is 0 Å². The number of aryl methyl sites for hydroxylation is 1. The first-order valence-corrected chi connectivity index (χ1v) is 10.2. The van der Waals surface area contributed by atoms with E-state index in [0.29, 0.717) is 27.1 Å². The summed E-state index contributed by atoms with van der Waals surface area (Å²) in [4.78, 5) is 33.2. The standard InChI is InChI=1S/C18H14N6O4S2/c1-8-13(30-17(19-8)20-9(2)25)12-7-29-16(22-12)14(26)21-11-5-3-10(4-6-11)15-23-24-18(27)28-15/h3-7H,1-2H3,(H,21,26)(H,24,27)(H,19,20,25). The quantitative estimate of drug-likeness (QED) is 0.426. The molecule has 0 spiro atoms. The average molecular weight is 442 g/mol. The SMILES string of the molecule is CC(=O)Nc1nc(C)c(-c2csc(C(=O)Nc3ccc(-c4nnc(O)o4)cc3)n2)s1. The van der Waals surface area contributed by atoms with Crippen LogP contribution in [0.3, 0.4) is 0 Å². The maximum Gasteiger partial charge on any atom is 0.412 e. The number of anilines is 2.